The van der Waals surface area contributed by atoms with Gasteiger partial charge in [0.05, 0.1) is 0 Å². The van der Waals surface area contributed by atoms with Gasteiger partial charge in [-0.1, -0.05) is 43.4 Å². The van der Waals surface area contributed by atoms with Crippen molar-refractivity contribution in [2.75, 3.05) is 0 Å². The van der Waals surface area contributed by atoms with Gasteiger partial charge in [0.1, 0.15) is 5.75 Å². The first-order valence-corrected chi connectivity index (χ1v) is 10.2. The number of aliphatic hydroxyl groups is 1. The zero-order valence-electron chi connectivity index (χ0n) is 19.7. The fourth-order valence-electron chi connectivity index (χ4n) is 3.05. The molecule has 0 atom stereocenters. The van der Waals surface area contributed by atoms with Crippen molar-refractivity contribution in [2.24, 2.45) is 4.99 Å². The van der Waals surface area contributed by atoms with Crippen LogP contribution in [0.3, 0.4) is 0 Å². The van der Waals surface area contributed by atoms with Crippen LogP contribution in [0.1, 0.15) is 37.0 Å². The number of amides is 1. The van der Waals surface area contributed by atoms with Gasteiger partial charge >= 0.3 is 57.7 Å². The Morgan fingerprint density at radius 3 is 2.47 bits per heavy atom. The molecule has 0 spiro atoms. The van der Waals surface area contributed by atoms with Crippen LogP contribution in [0.4, 0.5) is 18.9 Å². The molecule has 5 nitrogen and oxygen atoms in total. The van der Waals surface area contributed by atoms with Crippen molar-refractivity contribution in [3.05, 3.63) is 77.9 Å². The van der Waals surface area contributed by atoms with Crippen molar-refractivity contribution in [1.29, 1.82) is 0 Å². The van der Waals surface area contributed by atoms with Crippen molar-refractivity contribution >= 4 is 17.8 Å². The van der Waals surface area contributed by atoms with E-state index < -0.39 is 6.36 Å². The first kappa shape index (κ1) is 30.1. The first-order valence-electron chi connectivity index (χ1n) is 10.2. The molecule has 0 saturated carbocycles. The zero-order valence-corrected chi connectivity index (χ0v) is 22.8. The van der Waals surface area contributed by atoms with Gasteiger partial charge in [-0.15, -0.1) is 30.4 Å². The molecule has 2 aromatic rings. The molecule has 0 aliphatic rings. The molecule has 1 amide bonds. The second-order valence-electron chi connectivity index (χ2n) is 7.24. The van der Waals surface area contributed by atoms with Crippen LogP contribution < -0.4 is 61.4 Å². The average molecular weight is 499 g/mol. The third-order valence-electron chi connectivity index (χ3n) is 4.97. The van der Waals surface area contributed by atoms with Crippen molar-refractivity contribution in [3.8, 4) is 16.9 Å². The Kier molecular flexibility index (Phi) is 12.3. The Balaban J connectivity index is 0.00000578. The number of ether oxygens (including phenoxy) is 1. The van der Waals surface area contributed by atoms with E-state index in [2.05, 4.69) is 21.6 Å². The number of carbonyl (C=O) groups excluding carboxylic acids is 1. The summed E-state index contributed by atoms with van der Waals surface area (Å²) in [4.78, 5) is 16.2. The van der Waals surface area contributed by atoms with Crippen LogP contribution in [0, 0.1) is 13.5 Å². The summed E-state index contributed by atoms with van der Waals surface area (Å²) in [5.74, 6) is -0.720. The Morgan fingerprint density at radius 1 is 1.29 bits per heavy atom. The molecular weight excluding hydrogens is 472 g/mol. The third-order valence-corrected chi connectivity index (χ3v) is 4.97. The molecule has 2 aromatic carbocycles. The van der Waals surface area contributed by atoms with E-state index >= 15 is 0 Å². The number of hydrogen-bond acceptors (Lipinski definition) is 4. The van der Waals surface area contributed by atoms with Crippen molar-refractivity contribution in [2.45, 2.75) is 40.1 Å². The number of aliphatic hydroxyl groups excluding tert-OH is 1. The number of benzene rings is 2. The summed E-state index contributed by atoms with van der Waals surface area (Å²) in [6.45, 7) is 10.2. The topological polar surface area (TPSA) is 70.9 Å². The number of allylic oxidation sites excluding steroid dienone is 2. The molecule has 0 heterocycles. The molecule has 0 unspecified atom stereocenters. The van der Waals surface area contributed by atoms with E-state index in [1.54, 1.807) is 19.2 Å². The van der Waals surface area contributed by atoms with Crippen LogP contribution in [-0.4, -0.2) is 23.6 Å². The fourth-order valence-corrected chi connectivity index (χ4v) is 3.05. The molecule has 34 heavy (non-hydrogen) atoms. The number of rotatable bonds is 9. The van der Waals surface area contributed by atoms with E-state index in [1.165, 1.54) is 24.3 Å². The van der Waals surface area contributed by atoms with Crippen molar-refractivity contribution < 1.29 is 79.2 Å². The summed E-state index contributed by atoms with van der Waals surface area (Å²) in [6.07, 6.45) is 0.696. The quantitative estimate of drug-likeness (QED) is 0.241. The summed E-state index contributed by atoms with van der Waals surface area (Å²) < 4.78 is 41.4. The molecular formula is C25H26F3KN2O3. The van der Waals surface area contributed by atoms with E-state index in [0.717, 1.165) is 24.7 Å². The van der Waals surface area contributed by atoms with E-state index in [4.69, 9.17) is 0 Å². The molecule has 9 heteroatoms. The Hall–Kier alpha value is -1.88. The van der Waals surface area contributed by atoms with Crippen molar-refractivity contribution in [1.82, 2.24) is 5.32 Å². The number of nitrogens with one attached hydrogen (secondary N) is 1. The number of hydrogen-bond donors (Lipinski definition) is 2. The van der Waals surface area contributed by atoms with Gasteiger partial charge in [-0.05, 0) is 67.9 Å². The Bertz CT molecular complexity index is 1060. The minimum absolute atomic E-state index is 0. The smallest absolute Gasteiger partial charge is 0.429 e. The molecule has 0 bridgehead atoms. The zero-order chi connectivity index (χ0) is 24.6. The summed E-state index contributed by atoms with van der Waals surface area (Å²) in [6, 6.07) is 7.22. The largest absolute Gasteiger partial charge is 1.00 e. The van der Waals surface area contributed by atoms with E-state index in [1.807, 2.05) is 19.9 Å². The number of alkyl halides is 3. The summed E-state index contributed by atoms with van der Waals surface area (Å²) in [5, 5.41) is 12.6. The normalized spacial score (nSPS) is 11.7. The molecule has 176 valence electrons. The van der Waals surface area contributed by atoms with Gasteiger partial charge in [0.2, 0.25) is 5.91 Å². The standard InChI is InChI=1S/C25H26F3N2O3.K/c1-5-16(3)11-12-29-24-17(4)21(13-19(22(24)15-31)14-30-23(32)6-2)18-7-9-20(10-8-18)33-25(26,27)28;/h6-13,15,31H,2,5,14H2,1,3-4H3,(H,30,32);/q-1;+1/b16-11+,29-12?;. The van der Waals surface area contributed by atoms with E-state index in [0.29, 0.717) is 33.5 Å². The molecule has 0 aliphatic carbocycles. The molecule has 0 fully saturated rings. The van der Waals surface area contributed by atoms with Crippen molar-refractivity contribution in [3.63, 3.8) is 0 Å². The SMILES string of the molecule is C=CC(=O)NCc1cc(-c2ccc(OC(F)(F)F)cc2)c(C)c(N=C/C=C(\C)CC)c1[CH-]O.[K+]. The van der Waals surface area contributed by atoms with Gasteiger partial charge < -0.3 is 20.2 Å². The van der Waals surface area contributed by atoms with Crippen LogP contribution in [-0.2, 0) is 11.3 Å². The summed E-state index contributed by atoms with van der Waals surface area (Å²) >= 11 is 0. The number of aliphatic imine (C=N–C) groups is 1. The molecule has 0 saturated heterocycles. The second-order valence-corrected chi connectivity index (χ2v) is 7.24. The van der Waals surface area contributed by atoms with Gasteiger partial charge in [-0.25, -0.2) is 0 Å². The predicted octanol–water partition coefficient (Wildman–Crippen LogP) is 3.31. The minimum atomic E-state index is -4.78. The maximum Gasteiger partial charge on any atom is 1.00 e. The maximum absolute atomic E-state index is 12.5. The average Bonchev–Trinajstić information content (AvgIpc) is 2.78. The van der Waals surface area contributed by atoms with Gasteiger partial charge in [0.25, 0.3) is 0 Å². The molecule has 0 radical (unpaired) electrons. The summed E-state index contributed by atoms with van der Waals surface area (Å²) in [5.41, 5.74) is 4.61. The number of carbonyl (C=O) groups is 1. The molecule has 0 aromatic heterocycles. The third kappa shape index (κ3) is 8.72. The molecule has 2 N–H and O–H groups in total. The van der Waals surface area contributed by atoms with Crippen LogP contribution >= 0.6 is 0 Å². The maximum atomic E-state index is 12.5. The molecule has 0 aliphatic heterocycles. The van der Waals surface area contributed by atoms with Gasteiger partial charge in [-0.2, -0.15) is 0 Å². The van der Waals surface area contributed by atoms with Gasteiger partial charge in [0.15, 0.2) is 0 Å². The van der Waals surface area contributed by atoms with Crippen LogP contribution in [0.5, 0.6) is 5.75 Å². The number of nitrogens with zero attached hydrogens (tertiary/aromatic N) is 1. The van der Waals surface area contributed by atoms with E-state index in [-0.39, 0.29) is 69.6 Å². The minimum Gasteiger partial charge on any atom is -0.429 e. The molecule has 2 rings (SSSR count). The fraction of sp³-hybridized carbons (Fsp3) is 0.240. The monoisotopic (exact) mass is 498 g/mol. The van der Waals surface area contributed by atoms with Crippen LogP contribution in [0.25, 0.3) is 11.1 Å². The van der Waals surface area contributed by atoms with Gasteiger partial charge in [0, 0.05) is 6.21 Å². The predicted molar refractivity (Wildman–Crippen MR) is 123 cm³/mol. The summed E-state index contributed by atoms with van der Waals surface area (Å²) in [7, 11) is 0. The Labute approximate surface area is 240 Å². The second kappa shape index (κ2) is 13.9. The Morgan fingerprint density at radius 2 is 1.94 bits per heavy atom. The van der Waals surface area contributed by atoms with Crippen LogP contribution in [0.15, 0.2) is 59.6 Å². The van der Waals surface area contributed by atoms with E-state index in [9.17, 15) is 23.1 Å². The van der Waals surface area contributed by atoms with Crippen LogP contribution in [0.2, 0.25) is 0 Å². The number of halogens is 3. The first-order chi connectivity index (χ1) is 15.6. The van der Waals surface area contributed by atoms with Gasteiger partial charge in [-0.3, -0.25) is 4.79 Å².